The Morgan fingerprint density at radius 2 is 2.04 bits per heavy atom. The van der Waals surface area contributed by atoms with Crippen molar-refractivity contribution in [3.05, 3.63) is 52.0 Å². The first-order valence-electron chi connectivity index (χ1n) is 8.99. The minimum atomic E-state index is -0.241. The third-order valence-electron chi connectivity index (χ3n) is 3.69. The van der Waals surface area contributed by atoms with Crippen LogP contribution >= 0.6 is 15.9 Å². The van der Waals surface area contributed by atoms with Gasteiger partial charge < -0.3 is 19.5 Å². The number of amides is 1. The van der Waals surface area contributed by atoms with E-state index in [1.807, 2.05) is 38.1 Å². The first-order valence-corrected chi connectivity index (χ1v) is 9.78. The first kappa shape index (κ1) is 21.6. The van der Waals surface area contributed by atoms with E-state index in [9.17, 15) is 4.79 Å². The molecule has 0 saturated heterocycles. The zero-order valence-corrected chi connectivity index (χ0v) is 17.5. The molecular weight excluding hydrogens is 424 g/mol. The molecule has 0 aliphatic rings. The molecule has 2 aromatic carbocycles. The van der Waals surface area contributed by atoms with E-state index in [1.54, 1.807) is 12.1 Å². The lowest BCUT2D eigenvalue weighted by Gasteiger charge is -2.14. The fourth-order valence-corrected chi connectivity index (χ4v) is 2.98. The summed E-state index contributed by atoms with van der Waals surface area (Å²) in [5.41, 5.74) is 1.59. The predicted octanol–water partition coefficient (Wildman–Crippen LogP) is 3.99. The zero-order chi connectivity index (χ0) is 20.4. The molecule has 28 heavy (non-hydrogen) atoms. The maximum atomic E-state index is 12.0. The Morgan fingerprint density at radius 3 is 2.75 bits per heavy atom. The number of carbonyl (C=O) groups is 1. The molecule has 0 aliphatic carbocycles. The van der Waals surface area contributed by atoms with Crippen LogP contribution in [-0.2, 0) is 4.79 Å². The van der Waals surface area contributed by atoms with Crippen LogP contribution in [0.25, 0.3) is 0 Å². The van der Waals surface area contributed by atoms with E-state index in [1.165, 1.54) is 0 Å². The molecule has 6 nitrogen and oxygen atoms in total. The second-order valence-corrected chi connectivity index (χ2v) is 6.84. The fraction of sp³-hybridized carbons (Fsp3) is 0.333. The summed E-state index contributed by atoms with van der Waals surface area (Å²) in [4.78, 5) is 12.0. The lowest BCUT2D eigenvalue weighted by molar-refractivity contribution is -0.123. The van der Waals surface area contributed by atoms with E-state index < -0.39 is 0 Å². The lowest BCUT2D eigenvalue weighted by Crippen LogP contribution is -2.30. The number of ether oxygens (including phenoxy) is 3. The van der Waals surface area contributed by atoms with Crippen LogP contribution in [0.4, 0.5) is 0 Å². The molecule has 0 heterocycles. The van der Waals surface area contributed by atoms with Crippen LogP contribution < -0.4 is 19.5 Å². The lowest BCUT2D eigenvalue weighted by atomic mass is 10.2. The molecule has 0 aliphatic heterocycles. The van der Waals surface area contributed by atoms with Gasteiger partial charge in [0.25, 0.3) is 5.91 Å². The molecule has 7 heteroatoms. The van der Waals surface area contributed by atoms with Gasteiger partial charge in [0.05, 0.1) is 29.3 Å². The van der Waals surface area contributed by atoms with Crippen molar-refractivity contribution in [2.24, 2.45) is 0 Å². The summed E-state index contributed by atoms with van der Waals surface area (Å²) in [5.74, 6) is 1.41. The molecule has 0 saturated carbocycles. The third-order valence-corrected chi connectivity index (χ3v) is 4.28. The summed E-state index contributed by atoms with van der Waals surface area (Å²) >= 11 is 3.35. The highest BCUT2D eigenvalue weighted by atomic mass is 79.9. The molecule has 0 radical (unpaired) electrons. The molecule has 0 bridgehead atoms. The van der Waals surface area contributed by atoms with Gasteiger partial charge in [-0.05, 0) is 60.0 Å². The van der Waals surface area contributed by atoms with Gasteiger partial charge in [0, 0.05) is 12.6 Å². The van der Waals surface area contributed by atoms with Crippen molar-refractivity contribution in [2.75, 3.05) is 26.4 Å². The van der Waals surface area contributed by atoms with Gasteiger partial charge in [0.15, 0.2) is 18.1 Å². The number of nitrogens with zero attached hydrogens (tertiary/aromatic N) is 1. The number of nitriles is 1. The molecule has 0 unspecified atom stereocenters. The number of rotatable bonds is 10. The maximum Gasteiger partial charge on any atom is 0.257 e. The van der Waals surface area contributed by atoms with Crippen LogP contribution in [-0.4, -0.2) is 32.3 Å². The quantitative estimate of drug-likeness (QED) is 0.557. The van der Waals surface area contributed by atoms with Crippen molar-refractivity contribution in [1.82, 2.24) is 5.32 Å². The fourth-order valence-electron chi connectivity index (χ4n) is 2.42. The van der Waals surface area contributed by atoms with Crippen molar-refractivity contribution in [1.29, 1.82) is 5.26 Å². The number of aryl methyl sites for hydroxylation is 1. The third kappa shape index (κ3) is 6.78. The molecule has 2 rings (SSSR count). The largest absolute Gasteiger partial charge is 0.494 e. The molecule has 148 valence electrons. The normalized spacial score (nSPS) is 10.1. The summed E-state index contributed by atoms with van der Waals surface area (Å²) < 4.78 is 17.3. The zero-order valence-electron chi connectivity index (χ0n) is 16.0. The van der Waals surface area contributed by atoms with E-state index in [4.69, 9.17) is 19.5 Å². The average Bonchev–Trinajstić information content (AvgIpc) is 2.67. The Labute approximate surface area is 173 Å². The van der Waals surface area contributed by atoms with Crippen LogP contribution in [0.5, 0.6) is 17.2 Å². The predicted molar refractivity (Wildman–Crippen MR) is 110 cm³/mol. The van der Waals surface area contributed by atoms with Crippen molar-refractivity contribution in [3.8, 4) is 23.3 Å². The minimum Gasteiger partial charge on any atom is -0.494 e. The highest BCUT2D eigenvalue weighted by Crippen LogP contribution is 2.36. The van der Waals surface area contributed by atoms with Crippen LogP contribution in [0.1, 0.15) is 24.5 Å². The molecule has 2 aromatic rings. The monoisotopic (exact) mass is 446 g/mol. The van der Waals surface area contributed by atoms with Gasteiger partial charge >= 0.3 is 0 Å². The molecule has 0 fully saturated rings. The number of carbonyl (C=O) groups excluding carboxylic acids is 1. The van der Waals surface area contributed by atoms with Gasteiger partial charge in [0.1, 0.15) is 5.75 Å². The van der Waals surface area contributed by atoms with Crippen molar-refractivity contribution in [3.63, 3.8) is 0 Å². The van der Waals surface area contributed by atoms with E-state index in [2.05, 4.69) is 27.3 Å². The Hall–Kier alpha value is -2.72. The van der Waals surface area contributed by atoms with Gasteiger partial charge in [-0.2, -0.15) is 5.26 Å². The number of halogens is 1. The van der Waals surface area contributed by atoms with Gasteiger partial charge in [-0.15, -0.1) is 0 Å². The minimum absolute atomic E-state index is 0.149. The van der Waals surface area contributed by atoms with E-state index in [-0.39, 0.29) is 12.5 Å². The molecule has 1 amide bonds. The SMILES string of the molecule is CCOc1cc(C#N)cc(Br)c1OCC(=O)NCCCOc1cccc(C)c1. The van der Waals surface area contributed by atoms with Gasteiger partial charge in [0.2, 0.25) is 0 Å². The standard InChI is InChI=1S/C21H23BrN2O4/c1-3-26-19-12-16(13-23)11-18(22)21(19)28-14-20(25)24-8-5-9-27-17-7-4-6-15(2)10-17/h4,6-7,10-12H,3,5,8-9,14H2,1-2H3,(H,24,25). The van der Waals surface area contributed by atoms with Crippen molar-refractivity contribution >= 4 is 21.8 Å². The summed E-state index contributed by atoms with van der Waals surface area (Å²) in [6.07, 6.45) is 0.685. The van der Waals surface area contributed by atoms with E-state index in [0.29, 0.717) is 47.7 Å². The highest BCUT2D eigenvalue weighted by Gasteiger charge is 2.14. The number of nitrogens with one attached hydrogen (secondary N) is 1. The molecule has 0 spiro atoms. The second kappa shape index (κ2) is 11.2. The van der Waals surface area contributed by atoms with Crippen LogP contribution in [0.15, 0.2) is 40.9 Å². The van der Waals surface area contributed by atoms with E-state index >= 15 is 0 Å². The summed E-state index contributed by atoms with van der Waals surface area (Å²) in [5, 5.41) is 11.8. The number of hydrogen-bond acceptors (Lipinski definition) is 5. The number of hydrogen-bond donors (Lipinski definition) is 1. The Kier molecular flexibility index (Phi) is 8.63. The second-order valence-electron chi connectivity index (χ2n) is 5.99. The van der Waals surface area contributed by atoms with Crippen LogP contribution in [0.2, 0.25) is 0 Å². The molecular formula is C21H23BrN2O4. The Morgan fingerprint density at radius 1 is 1.21 bits per heavy atom. The first-order chi connectivity index (χ1) is 13.5. The molecule has 0 aromatic heterocycles. The van der Waals surface area contributed by atoms with Crippen molar-refractivity contribution < 1.29 is 19.0 Å². The van der Waals surface area contributed by atoms with Crippen LogP contribution in [0.3, 0.4) is 0 Å². The van der Waals surface area contributed by atoms with Crippen molar-refractivity contribution in [2.45, 2.75) is 20.3 Å². The topological polar surface area (TPSA) is 80.6 Å². The van der Waals surface area contributed by atoms with Gasteiger partial charge in [-0.25, -0.2) is 0 Å². The summed E-state index contributed by atoms with van der Waals surface area (Å²) in [6.45, 7) is 5.12. The Bertz CT molecular complexity index is 849. The molecule has 0 atom stereocenters. The van der Waals surface area contributed by atoms with E-state index in [0.717, 1.165) is 11.3 Å². The average molecular weight is 447 g/mol. The van der Waals surface area contributed by atoms with Crippen LogP contribution in [0, 0.1) is 18.3 Å². The van der Waals surface area contributed by atoms with Gasteiger partial charge in [-0.1, -0.05) is 12.1 Å². The Balaban J connectivity index is 1.76. The summed E-state index contributed by atoms with van der Waals surface area (Å²) in [7, 11) is 0. The van der Waals surface area contributed by atoms with Gasteiger partial charge in [-0.3, -0.25) is 4.79 Å². The summed E-state index contributed by atoms with van der Waals surface area (Å²) in [6, 6.07) is 13.1. The highest BCUT2D eigenvalue weighted by molar-refractivity contribution is 9.10. The smallest absolute Gasteiger partial charge is 0.257 e. The number of benzene rings is 2. The molecule has 1 N–H and O–H groups in total. The maximum absolute atomic E-state index is 12.0.